The van der Waals surface area contributed by atoms with Crippen LogP contribution in [0.1, 0.15) is 30.0 Å². The van der Waals surface area contributed by atoms with Gasteiger partial charge < -0.3 is 14.7 Å². The number of phosphoric acid groups is 1. The minimum absolute atomic E-state index is 0.0352. The molecular weight excluding hydrogens is 415 g/mol. The number of hydrogen-bond donors (Lipinski definition) is 2. The molecule has 1 unspecified atom stereocenters. The van der Waals surface area contributed by atoms with Crippen molar-refractivity contribution in [1.29, 1.82) is 0 Å². The summed E-state index contributed by atoms with van der Waals surface area (Å²) in [6.07, 6.45) is 1.63. The minimum atomic E-state index is -4.88. The normalized spacial score (nSPS) is 20.2. The predicted octanol–water partition coefficient (Wildman–Crippen LogP) is 3.82. The summed E-state index contributed by atoms with van der Waals surface area (Å²) >= 11 is 0. The van der Waals surface area contributed by atoms with Crippen LogP contribution in [0.25, 0.3) is 5.57 Å². The van der Waals surface area contributed by atoms with Gasteiger partial charge in [0.05, 0.1) is 6.04 Å². The first-order valence-electron chi connectivity index (χ1n) is 9.48. The lowest BCUT2D eigenvalue weighted by molar-refractivity contribution is -0.141. The highest BCUT2D eigenvalue weighted by molar-refractivity contribution is 7.46. The molecule has 4 rings (SSSR count). The van der Waals surface area contributed by atoms with Gasteiger partial charge in [-0.15, -0.1) is 0 Å². The van der Waals surface area contributed by atoms with Crippen molar-refractivity contribution in [3.8, 4) is 0 Å². The standard InChI is InChI=1S/C21H20F2NO5P/c22-16-8-9-18(23)17(11-16)15-10-19(13-4-2-1-3-5-13)24(12-15)21(25)20(14-6-7-14)29-30(26,27)28/h1-5,8-11,14,19-20H,6-7,12H2,(H2,26,27,28)/t19?,20-/m0/s1. The molecule has 6 nitrogen and oxygen atoms in total. The van der Waals surface area contributed by atoms with E-state index < -0.39 is 37.5 Å². The lowest BCUT2D eigenvalue weighted by atomic mass is 10.0. The Labute approximate surface area is 172 Å². The SMILES string of the molecule is O=C([C@@H](OP(=O)(O)O)C1CC1)N1CC(c2cc(F)ccc2F)=CC1c1ccccc1. The molecule has 1 fully saturated rings. The molecule has 2 aromatic carbocycles. The van der Waals surface area contributed by atoms with Crippen LogP contribution in [0.2, 0.25) is 0 Å². The minimum Gasteiger partial charge on any atom is -0.326 e. The number of nitrogens with zero attached hydrogens (tertiary/aromatic N) is 1. The molecule has 0 bridgehead atoms. The van der Waals surface area contributed by atoms with Crippen LogP contribution in [0.15, 0.2) is 54.6 Å². The Kier molecular flexibility index (Phi) is 5.59. The van der Waals surface area contributed by atoms with Crippen molar-refractivity contribution >= 4 is 19.3 Å². The number of carbonyl (C=O) groups is 1. The van der Waals surface area contributed by atoms with Crippen molar-refractivity contribution < 1.29 is 32.5 Å². The molecule has 9 heteroatoms. The van der Waals surface area contributed by atoms with E-state index in [-0.39, 0.29) is 18.0 Å². The summed E-state index contributed by atoms with van der Waals surface area (Å²) in [6, 6.07) is 11.5. The highest BCUT2D eigenvalue weighted by Crippen LogP contribution is 2.47. The van der Waals surface area contributed by atoms with E-state index in [1.54, 1.807) is 30.3 Å². The van der Waals surface area contributed by atoms with Crippen molar-refractivity contribution in [2.24, 2.45) is 5.92 Å². The topological polar surface area (TPSA) is 87.1 Å². The summed E-state index contributed by atoms with van der Waals surface area (Å²) in [5.74, 6) is -2.09. The van der Waals surface area contributed by atoms with Crippen molar-refractivity contribution in [2.45, 2.75) is 25.0 Å². The molecule has 2 aliphatic rings. The van der Waals surface area contributed by atoms with Crippen molar-refractivity contribution in [3.63, 3.8) is 0 Å². The Hall–Kier alpha value is -2.38. The summed E-state index contributed by atoms with van der Waals surface area (Å²) in [5.41, 5.74) is 1.20. The first-order chi connectivity index (χ1) is 14.2. The van der Waals surface area contributed by atoms with Crippen LogP contribution in [0, 0.1) is 17.6 Å². The Morgan fingerprint density at radius 2 is 1.83 bits per heavy atom. The van der Waals surface area contributed by atoms with Crippen LogP contribution in [-0.2, 0) is 13.9 Å². The Balaban J connectivity index is 1.70. The number of amides is 1. The van der Waals surface area contributed by atoms with Gasteiger partial charge in [0.2, 0.25) is 0 Å². The van der Waals surface area contributed by atoms with Gasteiger partial charge in [-0.2, -0.15) is 0 Å². The molecule has 0 spiro atoms. The van der Waals surface area contributed by atoms with E-state index >= 15 is 0 Å². The van der Waals surface area contributed by atoms with Gasteiger partial charge in [0.25, 0.3) is 5.91 Å². The van der Waals surface area contributed by atoms with E-state index in [9.17, 15) is 27.9 Å². The zero-order valence-electron chi connectivity index (χ0n) is 15.8. The van der Waals surface area contributed by atoms with Crippen LogP contribution in [0.3, 0.4) is 0 Å². The van der Waals surface area contributed by atoms with E-state index in [1.807, 2.05) is 6.07 Å². The predicted molar refractivity (Wildman–Crippen MR) is 105 cm³/mol. The number of phosphoric ester groups is 1. The van der Waals surface area contributed by atoms with Gasteiger partial charge in [0.1, 0.15) is 11.6 Å². The molecule has 1 aliphatic heterocycles. The summed E-state index contributed by atoms with van der Waals surface area (Å²) in [7, 11) is -4.88. The fourth-order valence-electron chi connectivity index (χ4n) is 3.72. The number of hydrogen-bond acceptors (Lipinski definition) is 3. The molecule has 0 saturated heterocycles. The maximum absolute atomic E-state index is 14.4. The largest absolute Gasteiger partial charge is 0.470 e. The smallest absolute Gasteiger partial charge is 0.326 e. The Morgan fingerprint density at radius 1 is 1.13 bits per heavy atom. The average molecular weight is 435 g/mol. The molecule has 1 heterocycles. The van der Waals surface area contributed by atoms with E-state index in [0.717, 1.165) is 23.8 Å². The summed E-state index contributed by atoms with van der Waals surface area (Å²) < 4.78 is 44.3. The lowest BCUT2D eigenvalue weighted by Gasteiger charge is -2.29. The number of carbonyl (C=O) groups excluding carboxylic acids is 1. The molecule has 1 amide bonds. The first-order valence-corrected chi connectivity index (χ1v) is 11.0. The molecular formula is C21H20F2NO5P. The molecule has 2 N–H and O–H groups in total. The maximum atomic E-state index is 14.4. The maximum Gasteiger partial charge on any atom is 0.470 e. The highest BCUT2D eigenvalue weighted by Gasteiger charge is 2.45. The number of rotatable bonds is 6. The Morgan fingerprint density at radius 3 is 2.47 bits per heavy atom. The Bertz CT molecular complexity index is 1030. The van der Waals surface area contributed by atoms with E-state index in [1.165, 1.54) is 4.90 Å². The summed E-state index contributed by atoms with van der Waals surface area (Å²) in [6.45, 7) is -0.0352. The molecule has 1 saturated carbocycles. The zero-order valence-corrected chi connectivity index (χ0v) is 16.7. The molecule has 158 valence electrons. The van der Waals surface area contributed by atoms with Crippen LogP contribution < -0.4 is 0 Å². The van der Waals surface area contributed by atoms with E-state index in [0.29, 0.717) is 18.4 Å². The second-order valence-electron chi connectivity index (χ2n) is 7.49. The average Bonchev–Trinajstić information content (AvgIpc) is 3.45. The fraction of sp³-hybridized carbons (Fsp3) is 0.286. The zero-order chi connectivity index (χ0) is 21.5. The molecule has 0 radical (unpaired) electrons. The third-order valence-electron chi connectivity index (χ3n) is 5.28. The number of halogens is 2. The lowest BCUT2D eigenvalue weighted by Crippen LogP contribution is -2.41. The van der Waals surface area contributed by atoms with Gasteiger partial charge in [0, 0.05) is 12.1 Å². The third-order valence-corrected chi connectivity index (χ3v) is 5.78. The van der Waals surface area contributed by atoms with Gasteiger partial charge in [-0.05, 0) is 48.1 Å². The van der Waals surface area contributed by atoms with Gasteiger partial charge in [-0.25, -0.2) is 13.3 Å². The van der Waals surface area contributed by atoms with Crippen molar-refractivity contribution in [2.75, 3.05) is 6.54 Å². The van der Waals surface area contributed by atoms with Crippen molar-refractivity contribution in [3.05, 3.63) is 77.4 Å². The van der Waals surface area contributed by atoms with Gasteiger partial charge in [0.15, 0.2) is 6.10 Å². The second kappa shape index (κ2) is 8.04. The van der Waals surface area contributed by atoms with E-state index in [2.05, 4.69) is 0 Å². The highest BCUT2D eigenvalue weighted by atomic mass is 31.2. The first kappa shape index (κ1) is 20.9. The number of benzene rings is 2. The molecule has 2 atom stereocenters. The molecule has 1 aliphatic carbocycles. The quantitative estimate of drug-likeness (QED) is 0.674. The van der Waals surface area contributed by atoms with Crippen molar-refractivity contribution in [1.82, 2.24) is 4.90 Å². The molecule has 0 aromatic heterocycles. The molecule has 30 heavy (non-hydrogen) atoms. The molecule has 2 aromatic rings. The van der Waals surface area contributed by atoms with Crippen LogP contribution >= 0.6 is 7.82 Å². The van der Waals surface area contributed by atoms with Crippen LogP contribution in [0.5, 0.6) is 0 Å². The van der Waals surface area contributed by atoms with E-state index in [4.69, 9.17) is 4.52 Å². The second-order valence-corrected chi connectivity index (χ2v) is 8.68. The fourth-order valence-corrected chi connectivity index (χ4v) is 4.28. The summed E-state index contributed by atoms with van der Waals surface area (Å²) in [5, 5.41) is 0. The van der Waals surface area contributed by atoms with Crippen LogP contribution in [0.4, 0.5) is 8.78 Å². The summed E-state index contributed by atoms with van der Waals surface area (Å²) in [4.78, 5) is 33.2. The van der Waals surface area contributed by atoms with Gasteiger partial charge in [-0.1, -0.05) is 36.4 Å². The van der Waals surface area contributed by atoms with Gasteiger partial charge >= 0.3 is 7.82 Å². The van der Waals surface area contributed by atoms with Crippen LogP contribution in [-0.4, -0.2) is 33.2 Å². The van der Waals surface area contributed by atoms with Gasteiger partial charge in [-0.3, -0.25) is 9.32 Å². The third kappa shape index (κ3) is 4.52. The monoisotopic (exact) mass is 435 g/mol.